The van der Waals surface area contributed by atoms with Gasteiger partial charge in [0.1, 0.15) is 17.3 Å². The van der Waals surface area contributed by atoms with Crippen LogP contribution in [0.1, 0.15) is 19.4 Å². The lowest BCUT2D eigenvalue weighted by Gasteiger charge is -2.27. The molecule has 0 aliphatic rings. The first-order valence-corrected chi connectivity index (χ1v) is 8.25. The van der Waals surface area contributed by atoms with Gasteiger partial charge in [0, 0.05) is 6.20 Å². The number of carbonyl (C=O) groups excluding carboxylic acids is 1. The van der Waals surface area contributed by atoms with Crippen molar-refractivity contribution in [2.24, 2.45) is 5.14 Å². The second-order valence-corrected chi connectivity index (χ2v) is 7.16. The molecule has 124 valence electrons. The SMILES string of the molecule is CC(C)(NC(=O)Cn1cc(S(N)(=O)=O)cn1)c1cccc(F)c1. The Labute approximate surface area is 133 Å². The van der Waals surface area contributed by atoms with Crippen LogP contribution in [0.3, 0.4) is 0 Å². The van der Waals surface area contributed by atoms with Gasteiger partial charge in [-0.2, -0.15) is 5.10 Å². The number of halogens is 1. The number of nitrogens with zero attached hydrogens (tertiary/aromatic N) is 2. The van der Waals surface area contributed by atoms with E-state index in [1.807, 2.05) is 0 Å². The molecule has 3 N–H and O–H groups in total. The van der Waals surface area contributed by atoms with Crippen LogP contribution in [-0.4, -0.2) is 24.1 Å². The van der Waals surface area contributed by atoms with Crippen molar-refractivity contribution in [2.45, 2.75) is 30.8 Å². The Morgan fingerprint density at radius 2 is 2.13 bits per heavy atom. The Hall–Kier alpha value is -2.26. The van der Waals surface area contributed by atoms with E-state index in [2.05, 4.69) is 10.4 Å². The van der Waals surface area contributed by atoms with Gasteiger partial charge in [0.2, 0.25) is 15.9 Å². The van der Waals surface area contributed by atoms with E-state index in [-0.39, 0.29) is 11.4 Å². The summed E-state index contributed by atoms with van der Waals surface area (Å²) >= 11 is 0. The molecular formula is C14H17FN4O3S. The van der Waals surface area contributed by atoms with Crippen molar-refractivity contribution >= 4 is 15.9 Å². The largest absolute Gasteiger partial charge is 0.346 e. The molecule has 0 fully saturated rings. The highest BCUT2D eigenvalue weighted by molar-refractivity contribution is 7.89. The summed E-state index contributed by atoms with van der Waals surface area (Å²) in [6.07, 6.45) is 2.24. The summed E-state index contributed by atoms with van der Waals surface area (Å²) in [6, 6.07) is 5.92. The summed E-state index contributed by atoms with van der Waals surface area (Å²) in [5.41, 5.74) is -0.189. The number of hydrogen-bond donors (Lipinski definition) is 2. The Kier molecular flexibility index (Phi) is 4.53. The minimum absolute atomic E-state index is 0.172. The van der Waals surface area contributed by atoms with E-state index in [1.165, 1.54) is 18.3 Å². The van der Waals surface area contributed by atoms with E-state index in [0.29, 0.717) is 5.56 Å². The Morgan fingerprint density at radius 1 is 1.43 bits per heavy atom. The third-order valence-electron chi connectivity index (χ3n) is 3.24. The summed E-state index contributed by atoms with van der Waals surface area (Å²) in [4.78, 5) is 11.9. The van der Waals surface area contributed by atoms with Crippen LogP contribution in [-0.2, 0) is 26.9 Å². The summed E-state index contributed by atoms with van der Waals surface area (Å²) < 4.78 is 36.8. The minimum atomic E-state index is -3.86. The number of carbonyl (C=O) groups is 1. The average Bonchev–Trinajstić information content (AvgIpc) is 2.86. The zero-order chi connectivity index (χ0) is 17.3. The first-order chi connectivity index (χ1) is 10.6. The molecule has 2 rings (SSSR count). The molecule has 1 amide bonds. The second-order valence-electron chi connectivity index (χ2n) is 5.60. The van der Waals surface area contributed by atoms with E-state index < -0.39 is 27.3 Å². The first-order valence-electron chi connectivity index (χ1n) is 6.70. The van der Waals surface area contributed by atoms with Crippen LogP contribution < -0.4 is 10.5 Å². The number of aromatic nitrogens is 2. The van der Waals surface area contributed by atoms with Crippen molar-refractivity contribution in [2.75, 3.05) is 0 Å². The van der Waals surface area contributed by atoms with E-state index in [4.69, 9.17) is 5.14 Å². The highest BCUT2D eigenvalue weighted by Crippen LogP contribution is 2.20. The number of benzene rings is 1. The number of primary sulfonamides is 1. The van der Waals surface area contributed by atoms with Crippen molar-refractivity contribution in [3.05, 3.63) is 48.0 Å². The summed E-state index contributed by atoms with van der Waals surface area (Å²) in [6.45, 7) is 3.28. The molecule has 0 spiro atoms. The standard InChI is InChI=1S/C14H17FN4O3S/c1-14(2,10-4-3-5-11(15)6-10)18-13(20)9-19-8-12(7-17-19)23(16,21)22/h3-8H,9H2,1-2H3,(H,18,20)(H2,16,21,22). The number of nitrogens with one attached hydrogen (secondary N) is 1. The number of nitrogens with two attached hydrogens (primary N) is 1. The van der Waals surface area contributed by atoms with Gasteiger partial charge in [-0.3, -0.25) is 9.48 Å². The molecule has 0 bridgehead atoms. The van der Waals surface area contributed by atoms with Crippen molar-refractivity contribution in [3.8, 4) is 0 Å². The maximum atomic E-state index is 13.3. The molecule has 1 heterocycles. The van der Waals surface area contributed by atoms with Crippen LogP contribution in [0.25, 0.3) is 0 Å². The lowest BCUT2D eigenvalue weighted by molar-refractivity contribution is -0.123. The molecule has 0 saturated heterocycles. The Morgan fingerprint density at radius 3 is 2.70 bits per heavy atom. The molecule has 23 heavy (non-hydrogen) atoms. The molecular weight excluding hydrogens is 323 g/mol. The van der Waals surface area contributed by atoms with Gasteiger partial charge >= 0.3 is 0 Å². The molecule has 0 radical (unpaired) electrons. The van der Waals surface area contributed by atoms with E-state index in [9.17, 15) is 17.6 Å². The Balaban J connectivity index is 2.08. The molecule has 9 heteroatoms. The van der Waals surface area contributed by atoms with Crippen molar-refractivity contribution in [3.63, 3.8) is 0 Å². The molecule has 2 aromatic rings. The van der Waals surface area contributed by atoms with Gasteiger partial charge in [-0.05, 0) is 31.5 Å². The maximum Gasteiger partial charge on any atom is 0.242 e. The van der Waals surface area contributed by atoms with Crippen LogP contribution in [0.15, 0.2) is 41.6 Å². The second kappa shape index (κ2) is 6.09. The number of amides is 1. The van der Waals surface area contributed by atoms with Crippen LogP contribution in [0.2, 0.25) is 0 Å². The molecule has 1 aromatic carbocycles. The van der Waals surface area contributed by atoms with Gasteiger partial charge in [-0.25, -0.2) is 17.9 Å². The smallest absolute Gasteiger partial charge is 0.242 e. The lowest BCUT2D eigenvalue weighted by atomic mass is 9.94. The van der Waals surface area contributed by atoms with Crippen LogP contribution in [0.4, 0.5) is 4.39 Å². The lowest BCUT2D eigenvalue weighted by Crippen LogP contribution is -2.42. The zero-order valence-corrected chi connectivity index (χ0v) is 13.5. The normalized spacial score (nSPS) is 12.2. The van der Waals surface area contributed by atoms with Crippen molar-refractivity contribution in [1.82, 2.24) is 15.1 Å². The molecule has 0 saturated carbocycles. The highest BCUT2D eigenvalue weighted by atomic mass is 32.2. The Bertz CT molecular complexity index is 830. The third kappa shape index (κ3) is 4.36. The van der Waals surface area contributed by atoms with Gasteiger partial charge in [0.15, 0.2) is 0 Å². The monoisotopic (exact) mass is 340 g/mol. The molecule has 0 aliphatic carbocycles. The molecule has 7 nitrogen and oxygen atoms in total. The predicted octanol–water partition coefficient (Wildman–Crippen LogP) is 0.721. The van der Waals surface area contributed by atoms with Gasteiger partial charge < -0.3 is 5.32 Å². The summed E-state index contributed by atoms with van der Waals surface area (Å²) in [7, 11) is -3.86. The van der Waals surface area contributed by atoms with Gasteiger partial charge in [0.25, 0.3) is 0 Å². The van der Waals surface area contributed by atoms with Crippen LogP contribution in [0, 0.1) is 5.82 Å². The predicted molar refractivity (Wildman–Crippen MR) is 81.2 cm³/mol. The quantitative estimate of drug-likeness (QED) is 0.836. The maximum absolute atomic E-state index is 13.3. The van der Waals surface area contributed by atoms with Crippen LogP contribution >= 0.6 is 0 Å². The highest BCUT2D eigenvalue weighted by Gasteiger charge is 2.23. The number of hydrogen-bond acceptors (Lipinski definition) is 4. The number of sulfonamides is 1. The fraction of sp³-hybridized carbons (Fsp3) is 0.286. The van der Waals surface area contributed by atoms with Gasteiger partial charge in [-0.15, -0.1) is 0 Å². The number of rotatable bonds is 5. The third-order valence-corrected chi connectivity index (χ3v) is 4.11. The zero-order valence-electron chi connectivity index (χ0n) is 12.7. The summed E-state index contributed by atoms with van der Waals surface area (Å²) in [5, 5.41) is 11.5. The fourth-order valence-electron chi connectivity index (χ4n) is 2.06. The topological polar surface area (TPSA) is 107 Å². The fourth-order valence-corrected chi connectivity index (χ4v) is 2.53. The van der Waals surface area contributed by atoms with E-state index >= 15 is 0 Å². The summed E-state index contributed by atoms with van der Waals surface area (Å²) in [5.74, 6) is -0.793. The minimum Gasteiger partial charge on any atom is -0.346 e. The molecule has 1 aromatic heterocycles. The molecule has 0 unspecified atom stereocenters. The van der Waals surface area contributed by atoms with E-state index in [0.717, 1.165) is 10.9 Å². The van der Waals surface area contributed by atoms with Crippen molar-refractivity contribution in [1.29, 1.82) is 0 Å². The van der Waals surface area contributed by atoms with E-state index in [1.54, 1.807) is 26.0 Å². The first kappa shape index (κ1) is 17.1. The van der Waals surface area contributed by atoms with Crippen molar-refractivity contribution < 1.29 is 17.6 Å². The average molecular weight is 340 g/mol. The molecule has 0 atom stereocenters. The van der Waals surface area contributed by atoms with Gasteiger partial charge in [-0.1, -0.05) is 12.1 Å². The van der Waals surface area contributed by atoms with Gasteiger partial charge in [0.05, 0.1) is 11.7 Å². The van der Waals surface area contributed by atoms with Crippen LogP contribution in [0.5, 0.6) is 0 Å². The molecule has 0 aliphatic heterocycles.